The number of carbonyl (C=O) groups excluding carboxylic acids is 1. The SMILES string of the molecule is Cc1ccccc1Cn1cccc(C(=O)Nc2cccc(C(F)(F)F)c2)c1=O. The second-order valence-corrected chi connectivity index (χ2v) is 6.31. The van der Waals surface area contributed by atoms with E-state index in [2.05, 4.69) is 5.32 Å². The number of anilines is 1. The number of benzene rings is 2. The molecule has 0 radical (unpaired) electrons. The van der Waals surface area contributed by atoms with Crippen LogP contribution in [-0.2, 0) is 12.7 Å². The molecule has 0 bridgehead atoms. The largest absolute Gasteiger partial charge is 0.416 e. The van der Waals surface area contributed by atoms with Crippen molar-refractivity contribution in [1.82, 2.24) is 4.57 Å². The minimum Gasteiger partial charge on any atom is -0.322 e. The van der Waals surface area contributed by atoms with Crippen LogP contribution in [0.2, 0.25) is 0 Å². The zero-order valence-electron chi connectivity index (χ0n) is 15.0. The van der Waals surface area contributed by atoms with E-state index in [4.69, 9.17) is 0 Å². The molecule has 0 saturated carbocycles. The molecule has 2 aromatic carbocycles. The fourth-order valence-corrected chi connectivity index (χ4v) is 2.78. The van der Waals surface area contributed by atoms with E-state index in [-0.39, 0.29) is 17.8 Å². The highest BCUT2D eigenvalue weighted by molar-refractivity contribution is 6.04. The van der Waals surface area contributed by atoms with Crippen LogP contribution in [0.15, 0.2) is 71.7 Å². The van der Waals surface area contributed by atoms with Gasteiger partial charge in [-0.1, -0.05) is 30.3 Å². The normalized spacial score (nSPS) is 11.3. The number of hydrogen-bond acceptors (Lipinski definition) is 2. The van der Waals surface area contributed by atoms with E-state index in [1.165, 1.54) is 22.8 Å². The predicted octanol–water partition coefficient (Wildman–Crippen LogP) is 4.48. The fourth-order valence-electron chi connectivity index (χ4n) is 2.78. The Kier molecular flexibility index (Phi) is 5.35. The molecule has 0 aliphatic rings. The van der Waals surface area contributed by atoms with Crippen LogP contribution in [-0.4, -0.2) is 10.5 Å². The molecule has 0 unspecified atom stereocenters. The van der Waals surface area contributed by atoms with Gasteiger partial charge in [0.05, 0.1) is 12.1 Å². The first kappa shape index (κ1) is 19.4. The predicted molar refractivity (Wildman–Crippen MR) is 100 cm³/mol. The lowest BCUT2D eigenvalue weighted by molar-refractivity contribution is -0.137. The van der Waals surface area contributed by atoms with Gasteiger partial charge in [0.25, 0.3) is 11.5 Å². The first-order valence-electron chi connectivity index (χ1n) is 8.48. The van der Waals surface area contributed by atoms with Crippen LogP contribution in [0.1, 0.15) is 27.0 Å². The van der Waals surface area contributed by atoms with Gasteiger partial charge in [0, 0.05) is 11.9 Å². The summed E-state index contributed by atoms with van der Waals surface area (Å²) in [7, 11) is 0. The van der Waals surface area contributed by atoms with E-state index < -0.39 is 23.2 Å². The molecule has 0 atom stereocenters. The summed E-state index contributed by atoms with van der Waals surface area (Å²) in [6.07, 6.45) is -2.95. The summed E-state index contributed by atoms with van der Waals surface area (Å²) in [6.45, 7) is 2.21. The molecule has 1 heterocycles. The molecule has 1 amide bonds. The van der Waals surface area contributed by atoms with Gasteiger partial charge in [0.1, 0.15) is 5.56 Å². The Morgan fingerprint density at radius 1 is 1.04 bits per heavy atom. The summed E-state index contributed by atoms with van der Waals surface area (Å²) < 4.78 is 39.8. The number of rotatable bonds is 4. The van der Waals surface area contributed by atoms with Gasteiger partial charge in [0.15, 0.2) is 0 Å². The molecule has 28 heavy (non-hydrogen) atoms. The van der Waals surface area contributed by atoms with Crippen molar-refractivity contribution < 1.29 is 18.0 Å². The Labute approximate surface area is 159 Å². The first-order valence-corrected chi connectivity index (χ1v) is 8.48. The van der Waals surface area contributed by atoms with Crippen LogP contribution in [0.25, 0.3) is 0 Å². The third-order valence-corrected chi connectivity index (χ3v) is 4.31. The number of nitrogens with one attached hydrogen (secondary N) is 1. The van der Waals surface area contributed by atoms with Crippen LogP contribution in [0.3, 0.4) is 0 Å². The Morgan fingerprint density at radius 3 is 2.50 bits per heavy atom. The number of halogens is 3. The molecular formula is C21H17F3N2O2. The van der Waals surface area contributed by atoms with Gasteiger partial charge >= 0.3 is 6.18 Å². The summed E-state index contributed by atoms with van der Waals surface area (Å²) in [5.41, 5.74) is 0.362. The molecule has 4 nitrogen and oxygen atoms in total. The Hall–Kier alpha value is -3.35. The second-order valence-electron chi connectivity index (χ2n) is 6.31. The molecule has 3 rings (SSSR count). The molecule has 1 aromatic heterocycles. The standard InChI is InChI=1S/C21H17F3N2O2/c1-14-6-2-3-7-15(14)13-26-11-5-10-18(20(26)28)19(27)25-17-9-4-8-16(12-17)21(22,23)24/h2-12H,13H2,1H3,(H,25,27). The highest BCUT2D eigenvalue weighted by atomic mass is 19.4. The van der Waals surface area contributed by atoms with Crippen LogP contribution in [0, 0.1) is 6.92 Å². The first-order chi connectivity index (χ1) is 13.3. The number of pyridine rings is 1. The van der Waals surface area contributed by atoms with Gasteiger partial charge in [-0.2, -0.15) is 13.2 Å². The number of hydrogen-bond donors (Lipinski definition) is 1. The van der Waals surface area contributed by atoms with Gasteiger partial charge in [-0.3, -0.25) is 9.59 Å². The lowest BCUT2D eigenvalue weighted by Crippen LogP contribution is -2.29. The van der Waals surface area contributed by atoms with Crippen LogP contribution < -0.4 is 10.9 Å². The van der Waals surface area contributed by atoms with Gasteiger partial charge in [0.2, 0.25) is 0 Å². The smallest absolute Gasteiger partial charge is 0.322 e. The average molecular weight is 386 g/mol. The average Bonchev–Trinajstić information content (AvgIpc) is 2.64. The van der Waals surface area contributed by atoms with E-state index in [1.54, 1.807) is 12.3 Å². The zero-order chi connectivity index (χ0) is 20.3. The van der Waals surface area contributed by atoms with Crippen molar-refractivity contribution in [3.8, 4) is 0 Å². The molecule has 0 aliphatic heterocycles. The van der Waals surface area contributed by atoms with E-state index in [9.17, 15) is 22.8 Å². The maximum absolute atomic E-state index is 12.8. The Morgan fingerprint density at radius 2 is 1.79 bits per heavy atom. The highest BCUT2D eigenvalue weighted by Crippen LogP contribution is 2.30. The molecule has 0 aliphatic carbocycles. The maximum Gasteiger partial charge on any atom is 0.416 e. The third kappa shape index (κ3) is 4.31. The van der Waals surface area contributed by atoms with Gasteiger partial charge in [-0.15, -0.1) is 0 Å². The number of aryl methyl sites for hydroxylation is 1. The third-order valence-electron chi connectivity index (χ3n) is 4.31. The van der Waals surface area contributed by atoms with E-state index in [1.807, 2.05) is 31.2 Å². The summed E-state index contributed by atoms with van der Waals surface area (Å²) >= 11 is 0. The molecule has 1 N–H and O–H groups in total. The molecule has 0 spiro atoms. The van der Waals surface area contributed by atoms with Gasteiger partial charge in [-0.25, -0.2) is 0 Å². The zero-order valence-corrected chi connectivity index (χ0v) is 15.0. The van der Waals surface area contributed by atoms with Crippen molar-refractivity contribution in [3.05, 3.63) is 99.5 Å². The molecule has 7 heteroatoms. The summed E-state index contributed by atoms with van der Waals surface area (Å²) in [6, 6.07) is 14.7. The van der Waals surface area contributed by atoms with Crippen molar-refractivity contribution in [3.63, 3.8) is 0 Å². The maximum atomic E-state index is 12.8. The van der Waals surface area contributed by atoms with Crippen molar-refractivity contribution in [2.24, 2.45) is 0 Å². The Balaban J connectivity index is 1.85. The number of carbonyl (C=O) groups is 1. The van der Waals surface area contributed by atoms with Crippen LogP contribution >= 0.6 is 0 Å². The summed E-state index contributed by atoms with van der Waals surface area (Å²) in [5.74, 6) is -0.761. The van der Waals surface area contributed by atoms with E-state index in [0.717, 1.165) is 23.3 Å². The van der Waals surface area contributed by atoms with Gasteiger partial charge < -0.3 is 9.88 Å². The lowest BCUT2D eigenvalue weighted by Gasteiger charge is -2.12. The molecule has 0 saturated heterocycles. The summed E-state index contributed by atoms with van der Waals surface area (Å²) in [5, 5.41) is 2.36. The van der Waals surface area contributed by atoms with E-state index in [0.29, 0.717) is 0 Å². The number of aromatic nitrogens is 1. The van der Waals surface area contributed by atoms with E-state index >= 15 is 0 Å². The monoisotopic (exact) mass is 386 g/mol. The molecule has 0 fully saturated rings. The Bertz CT molecular complexity index is 1070. The molecular weight excluding hydrogens is 369 g/mol. The molecule has 144 valence electrons. The second kappa shape index (κ2) is 7.72. The quantitative estimate of drug-likeness (QED) is 0.719. The van der Waals surface area contributed by atoms with Gasteiger partial charge in [-0.05, 0) is 48.4 Å². The lowest BCUT2D eigenvalue weighted by atomic mass is 10.1. The number of alkyl halides is 3. The molecule has 3 aromatic rings. The highest BCUT2D eigenvalue weighted by Gasteiger charge is 2.30. The minimum absolute atomic E-state index is 0.0338. The summed E-state index contributed by atoms with van der Waals surface area (Å²) in [4.78, 5) is 25.1. The van der Waals surface area contributed by atoms with Crippen molar-refractivity contribution in [2.75, 3.05) is 5.32 Å². The fraction of sp³-hybridized carbons (Fsp3) is 0.143. The van der Waals surface area contributed by atoms with Crippen molar-refractivity contribution in [2.45, 2.75) is 19.6 Å². The van der Waals surface area contributed by atoms with Crippen molar-refractivity contribution in [1.29, 1.82) is 0 Å². The number of amides is 1. The minimum atomic E-state index is -4.52. The van der Waals surface area contributed by atoms with Crippen molar-refractivity contribution >= 4 is 11.6 Å². The topological polar surface area (TPSA) is 51.1 Å². The number of nitrogens with zero attached hydrogens (tertiary/aromatic N) is 1. The van der Waals surface area contributed by atoms with Crippen LogP contribution in [0.5, 0.6) is 0 Å². The van der Waals surface area contributed by atoms with Crippen LogP contribution in [0.4, 0.5) is 18.9 Å².